The van der Waals surface area contributed by atoms with Crippen LogP contribution in [0.2, 0.25) is 0 Å². The molecule has 0 spiro atoms. The number of aromatic nitrogens is 4. The first-order valence-corrected chi connectivity index (χ1v) is 8.54. The summed E-state index contributed by atoms with van der Waals surface area (Å²) >= 11 is 11.3. The highest BCUT2D eigenvalue weighted by atomic mass is 79.9. The number of alkyl halides is 1. The molecule has 20 heavy (non-hydrogen) atoms. The first kappa shape index (κ1) is 14.1. The Hall–Kier alpha value is -0.850. The van der Waals surface area contributed by atoms with Crippen LogP contribution >= 0.6 is 38.9 Å². The predicted octanol–water partition coefficient (Wildman–Crippen LogP) is 3.94. The topological polar surface area (TPSA) is 35.6 Å². The van der Waals surface area contributed by atoms with Crippen LogP contribution in [0.3, 0.4) is 0 Å². The molecule has 106 valence electrons. The van der Waals surface area contributed by atoms with Gasteiger partial charge in [-0.25, -0.2) is 4.98 Å². The van der Waals surface area contributed by atoms with Crippen molar-refractivity contribution >= 4 is 50.0 Å². The Kier molecular flexibility index (Phi) is 3.88. The van der Waals surface area contributed by atoms with Crippen LogP contribution in [0.5, 0.6) is 0 Å². The Balaban J connectivity index is 2.14. The molecule has 0 fully saturated rings. The molecule has 0 aromatic carbocycles. The van der Waals surface area contributed by atoms with Crippen molar-refractivity contribution in [1.29, 1.82) is 0 Å². The summed E-state index contributed by atoms with van der Waals surface area (Å²) in [6.07, 6.45) is 0.876. The van der Waals surface area contributed by atoms with Crippen LogP contribution in [0.15, 0.2) is 15.9 Å². The van der Waals surface area contributed by atoms with E-state index < -0.39 is 0 Å². The van der Waals surface area contributed by atoms with Crippen molar-refractivity contribution in [3.8, 4) is 0 Å². The number of aryl methyl sites for hydroxylation is 2. The van der Waals surface area contributed by atoms with Gasteiger partial charge in [0.25, 0.3) is 0 Å². The van der Waals surface area contributed by atoms with Gasteiger partial charge in [0.15, 0.2) is 5.65 Å². The first-order chi connectivity index (χ1) is 9.63. The van der Waals surface area contributed by atoms with Gasteiger partial charge in [-0.2, -0.15) is 5.10 Å². The van der Waals surface area contributed by atoms with E-state index in [1.54, 1.807) is 11.3 Å². The van der Waals surface area contributed by atoms with Crippen LogP contribution in [0.4, 0.5) is 0 Å². The molecular weight excluding hydrogens is 360 g/mol. The van der Waals surface area contributed by atoms with Crippen molar-refractivity contribution in [3.05, 3.63) is 32.3 Å². The number of rotatable bonds is 4. The Morgan fingerprint density at radius 2 is 2.25 bits per heavy atom. The summed E-state index contributed by atoms with van der Waals surface area (Å²) in [5.74, 6) is 1.30. The number of thiophene rings is 1. The molecule has 0 bridgehead atoms. The molecule has 3 rings (SSSR count). The summed E-state index contributed by atoms with van der Waals surface area (Å²) in [5, 5.41) is 6.62. The maximum atomic E-state index is 6.06. The maximum absolute atomic E-state index is 6.06. The molecule has 0 atom stereocenters. The molecule has 0 saturated carbocycles. The molecule has 0 aliphatic heterocycles. The minimum atomic E-state index is 0.407. The molecular formula is C13H14BrClN4S. The quantitative estimate of drug-likeness (QED) is 0.649. The normalized spacial score (nSPS) is 11.6. The average molecular weight is 374 g/mol. The van der Waals surface area contributed by atoms with Gasteiger partial charge in [-0.1, -0.05) is 6.92 Å². The minimum Gasteiger partial charge on any atom is -0.307 e. The van der Waals surface area contributed by atoms with Gasteiger partial charge in [-0.3, -0.25) is 4.68 Å². The summed E-state index contributed by atoms with van der Waals surface area (Å²) < 4.78 is 5.17. The fourth-order valence-corrected chi connectivity index (χ4v) is 4.03. The van der Waals surface area contributed by atoms with E-state index in [0.29, 0.717) is 5.88 Å². The summed E-state index contributed by atoms with van der Waals surface area (Å²) in [6.45, 7) is 2.87. The van der Waals surface area contributed by atoms with E-state index in [1.807, 2.05) is 11.7 Å². The predicted molar refractivity (Wildman–Crippen MR) is 86.6 cm³/mol. The summed E-state index contributed by atoms with van der Waals surface area (Å²) in [4.78, 5) is 5.93. The standard InChI is InChI=1S/C13H14BrClN4S/c1-3-10-12-13(18(2)17-10)19(11(5-15)16-12)6-9-4-8(14)7-20-9/h4,7H,3,5-6H2,1-2H3. The highest BCUT2D eigenvalue weighted by molar-refractivity contribution is 9.10. The Labute approximate surface area is 134 Å². The monoisotopic (exact) mass is 372 g/mol. The van der Waals surface area contributed by atoms with Crippen LogP contribution in [0.25, 0.3) is 11.2 Å². The van der Waals surface area contributed by atoms with E-state index in [2.05, 4.69) is 48.9 Å². The van der Waals surface area contributed by atoms with E-state index in [-0.39, 0.29) is 0 Å². The summed E-state index contributed by atoms with van der Waals surface area (Å²) in [6, 6.07) is 2.13. The third-order valence-electron chi connectivity index (χ3n) is 3.26. The molecule has 0 unspecified atom stereocenters. The summed E-state index contributed by atoms with van der Waals surface area (Å²) in [5.41, 5.74) is 3.04. The zero-order valence-corrected chi connectivity index (χ0v) is 14.4. The molecule has 3 heterocycles. The third kappa shape index (κ3) is 2.29. The largest absolute Gasteiger partial charge is 0.307 e. The van der Waals surface area contributed by atoms with Crippen LogP contribution in [-0.4, -0.2) is 19.3 Å². The summed E-state index contributed by atoms with van der Waals surface area (Å²) in [7, 11) is 1.96. The second kappa shape index (κ2) is 5.50. The molecule has 7 heteroatoms. The number of nitrogens with zero attached hydrogens (tertiary/aromatic N) is 4. The zero-order chi connectivity index (χ0) is 14.3. The molecule has 0 radical (unpaired) electrons. The lowest BCUT2D eigenvalue weighted by Crippen LogP contribution is -2.06. The fraction of sp³-hybridized carbons (Fsp3) is 0.385. The lowest BCUT2D eigenvalue weighted by molar-refractivity contribution is 0.701. The number of imidazole rings is 1. The van der Waals surface area contributed by atoms with E-state index in [1.165, 1.54) is 4.88 Å². The smallest absolute Gasteiger partial charge is 0.159 e. The van der Waals surface area contributed by atoms with Gasteiger partial charge in [-0.05, 0) is 28.4 Å². The van der Waals surface area contributed by atoms with Crippen LogP contribution in [0, 0.1) is 0 Å². The molecule has 4 nitrogen and oxygen atoms in total. The lowest BCUT2D eigenvalue weighted by Gasteiger charge is -2.06. The number of hydrogen-bond acceptors (Lipinski definition) is 3. The molecule has 0 aliphatic rings. The highest BCUT2D eigenvalue weighted by Crippen LogP contribution is 2.25. The minimum absolute atomic E-state index is 0.407. The van der Waals surface area contributed by atoms with Gasteiger partial charge in [0.1, 0.15) is 11.3 Å². The lowest BCUT2D eigenvalue weighted by atomic mass is 10.3. The van der Waals surface area contributed by atoms with Gasteiger partial charge in [-0.15, -0.1) is 22.9 Å². The maximum Gasteiger partial charge on any atom is 0.159 e. The number of fused-ring (bicyclic) bond motifs is 1. The third-order valence-corrected chi connectivity index (χ3v) is 5.18. The van der Waals surface area contributed by atoms with E-state index in [0.717, 1.165) is 40.1 Å². The molecule has 0 saturated heterocycles. The SMILES string of the molecule is CCc1nn(C)c2c1nc(CCl)n2Cc1cc(Br)cs1. The van der Waals surface area contributed by atoms with Gasteiger partial charge < -0.3 is 4.57 Å². The van der Waals surface area contributed by atoms with Crippen LogP contribution in [0.1, 0.15) is 23.3 Å². The van der Waals surface area contributed by atoms with Gasteiger partial charge in [0, 0.05) is 21.8 Å². The van der Waals surface area contributed by atoms with Gasteiger partial charge in [0.2, 0.25) is 0 Å². The van der Waals surface area contributed by atoms with Crippen molar-refractivity contribution < 1.29 is 0 Å². The molecule has 3 aromatic heterocycles. The number of hydrogen-bond donors (Lipinski definition) is 0. The van der Waals surface area contributed by atoms with Gasteiger partial charge in [0.05, 0.1) is 18.1 Å². The van der Waals surface area contributed by atoms with Crippen molar-refractivity contribution in [2.24, 2.45) is 7.05 Å². The number of halogens is 2. The fourth-order valence-electron chi connectivity index (χ4n) is 2.39. The molecule has 3 aromatic rings. The van der Waals surface area contributed by atoms with Crippen molar-refractivity contribution in [2.45, 2.75) is 25.8 Å². The zero-order valence-electron chi connectivity index (χ0n) is 11.2. The van der Waals surface area contributed by atoms with Crippen molar-refractivity contribution in [3.63, 3.8) is 0 Å². The Bertz CT molecular complexity index is 758. The van der Waals surface area contributed by atoms with E-state index in [9.17, 15) is 0 Å². The second-order valence-electron chi connectivity index (χ2n) is 4.58. The van der Waals surface area contributed by atoms with Crippen LogP contribution in [-0.2, 0) is 25.9 Å². The van der Waals surface area contributed by atoms with Crippen LogP contribution < -0.4 is 0 Å². The van der Waals surface area contributed by atoms with Crippen molar-refractivity contribution in [1.82, 2.24) is 19.3 Å². The first-order valence-electron chi connectivity index (χ1n) is 6.33. The van der Waals surface area contributed by atoms with Gasteiger partial charge >= 0.3 is 0 Å². The molecule has 0 amide bonds. The Morgan fingerprint density at radius 1 is 1.45 bits per heavy atom. The highest BCUT2D eigenvalue weighted by Gasteiger charge is 2.18. The molecule has 0 N–H and O–H groups in total. The van der Waals surface area contributed by atoms with E-state index in [4.69, 9.17) is 11.6 Å². The average Bonchev–Trinajstić information content (AvgIpc) is 3.07. The molecule has 0 aliphatic carbocycles. The second-order valence-corrected chi connectivity index (χ2v) is 6.75. The van der Waals surface area contributed by atoms with Crippen molar-refractivity contribution in [2.75, 3.05) is 0 Å². The van der Waals surface area contributed by atoms with E-state index >= 15 is 0 Å². The Morgan fingerprint density at radius 3 is 2.85 bits per heavy atom.